The van der Waals surface area contributed by atoms with Gasteiger partial charge in [0.2, 0.25) is 0 Å². The molecule has 0 spiro atoms. The Morgan fingerprint density at radius 3 is 2.32 bits per heavy atom. The molecule has 2 aromatic rings. The molecule has 0 saturated carbocycles. The van der Waals surface area contributed by atoms with E-state index in [1.54, 1.807) is 0 Å². The average molecular weight is 351 g/mol. The van der Waals surface area contributed by atoms with Gasteiger partial charge in [0.25, 0.3) is 0 Å². The normalized spacial score (nSPS) is 16.1. The highest BCUT2D eigenvalue weighted by Crippen LogP contribution is 2.33. The third-order valence-corrected chi connectivity index (χ3v) is 4.26. The van der Waals surface area contributed by atoms with Gasteiger partial charge in [-0.25, -0.2) is 4.98 Å². The van der Waals surface area contributed by atoms with Gasteiger partial charge in [-0.15, -0.1) is 0 Å². The highest BCUT2D eigenvalue weighted by atomic mass is 19.4. The van der Waals surface area contributed by atoms with E-state index in [2.05, 4.69) is 27.1 Å². The van der Waals surface area contributed by atoms with E-state index in [4.69, 9.17) is 5.73 Å². The van der Waals surface area contributed by atoms with Gasteiger partial charge in [0.05, 0.1) is 11.3 Å². The summed E-state index contributed by atoms with van der Waals surface area (Å²) in [5.74, 6) is 0.0242. The molecule has 3 rings (SSSR count). The minimum atomic E-state index is -4.46. The average Bonchev–Trinajstić information content (AvgIpc) is 2.57. The first kappa shape index (κ1) is 17.3. The van der Waals surface area contributed by atoms with Crippen molar-refractivity contribution in [2.24, 2.45) is 0 Å². The summed E-state index contributed by atoms with van der Waals surface area (Å²) in [7, 11) is 2.10. The highest BCUT2D eigenvalue weighted by molar-refractivity contribution is 5.71. The van der Waals surface area contributed by atoms with Crippen LogP contribution in [-0.4, -0.2) is 43.1 Å². The molecule has 8 heteroatoms. The van der Waals surface area contributed by atoms with Gasteiger partial charge in [-0.1, -0.05) is 0 Å². The SMILES string of the molecule is CN1CCN(c2ccc(Nc3cc(C(F)(F)F)cnc3N)cc2)CC1. The Bertz CT molecular complexity index is 722. The van der Waals surface area contributed by atoms with E-state index in [1.807, 2.05) is 24.3 Å². The number of alkyl halides is 3. The predicted molar refractivity (Wildman–Crippen MR) is 93.1 cm³/mol. The number of nitrogen functional groups attached to an aromatic ring is 1. The molecule has 0 unspecified atom stereocenters. The van der Waals surface area contributed by atoms with E-state index in [0.717, 1.165) is 44.1 Å². The summed E-state index contributed by atoms with van der Waals surface area (Å²) in [6, 6.07) is 8.52. The summed E-state index contributed by atoms with van der Waals surface area (Å²) in [6.07, 6.45) is -3.72. The second-order valence-corrected chi connectivity index (χ2v) is 6.12. The zero-order valence-corrected chi connectivity index (χ0v) is 13.8. The van der Waals surface area contributed by atoms with Crippen LogP contribution in [0.3, 0.4) is 0 Å². The van der Waals surface area contributed by atoms with Crippen molar-refractivity contribution in [1.29, 1.82) is 0 Å². The fourth-order valence-electron chi connectivity index (χ4n) is 2.71. The molecular formula is C17H20F3N5. The number of rotatable bonds is 3. The molecule has 0 bridgehead atoms. The van der Waals surface area contributed by atoms with Crippen LogP contribution in [-0.2, 0) is 6.18 Å². The maximum Gasteiger partial charge on any atom is 0.417 e. The molecule has 0 aliphatic carbocycles. The number of nitrogens with zero attached hydrogens (tertiary/aromatic N) is 3. The zero-order valence-electron chi connectivity index (χ0n) is 13.8. The number of pyridine rings is 1. The van der Waals surface area contributed by atoms with Crippen LogP contribution >= 0.6 is 0 Å². The molecule has 3 N–H and O–H groups in total. The quantitative estimate of drug-likeness (QED) is 0.890. The number of nitrogens with two attached hydrogens (primary N) is 1. The van der Waals surface area contributed by atoms with Crippen molar-refractivity contribution >= 4 is 22.9 Å². The van der Waals surface area contributed by atoms with Gasteiger partial charge >= 0.3 is 6.18 Å². The Morgan fingerprint density at radius 2 is 1.72 bits per heavy atom. The van der Waals surface area contributed by atoms with Crippen LogP contribution < -0.4 is 16.0 Å². The molecule has 1 aliphatic rings. The van der Waals surface area contributed by atoms with E-state index in [1.165, 1.54) is 0 Å². The van der Waals surface area contributed by atoms with E-state index in [-0.39, 0.29) is 11.5 Å². The second-order valence-electron chi connectivity index (χ2n) is 6.12. The van der Waals surface area contributed by atoms with Crippen LogP contribution in [0.1, 0.15) is 5.56 Å². The number of hydrogen-bond donors (Lipinski definition) is 2. The van der Waals surface area contributed by atoms with Gasteiger partial charge in [0.1, 0.15) is 5.82 Å². The first-order valence-electron chi connectivity index (χ1n) is 7.96. The Kier molecular flexibility index (Phi) is 4.71. The lowest BCUT2D eigenvalue weighted by Gasteiger charge is -2.34. The maximum absolute atomic E-state index is 12.8. The number of nitrogens with one attached hydrogen (secondary N) is 1. The standard InChI is InChI=1S/C17H20F3N5/c1-24-6-8-25(9-7-24)14-4-2-13(3-5-14)23-15-10-12(17(18,19)20)11-22-16(15)21/h2-5,10-11,23H,6-9H2,1H3,(H2,21,22). The summed E-state index contributed by atoms with van der Waals surface area (Å²) in [5, 5.41) is 2.91. The van der Waals surface area contributed by atoms with Crippen LogP contribution in [0.5, 0.6) is 0 Å². The van der Waals surface area contributed by atoms with Gasteiger partial charge in [-0.2, -0.15) is 13.2 Å². The Morgan fingerprint density at radius 1 is 1.08 bits per heavy atom. The molecular weight excluding hydrogens is 331 g/mol. The Balaban J connectivity index is 1.73. The Labute approximate surface area is 144 Å². The van der Waals surface area contributed by atoms with Crippen LogP contribution in [0, 0.1) is 0 Å². The first-order chi connectivity index (χ1) is 11.8. The van der Waals surface area contributed by atoms with Crippen molar-refractivity contribution in [2.75, 3.05) is 49.2 Å². The smallest absolute Gasteiger partial charge is 0.382 e. The van der Waals surface area contributed by atoms with Crippen molar-refractivity contribution in [3.05, 3.63) is 42.1 Å². The molecule has 0 radical (unpaired) electrons. The van der Waals surface area contributed by atoms with Crippen LogP contribution in [0.4, 0.5) is 36.1 Å². The first-order valence-corrected chi connectivity index (χ1v) is 7.96. The lowest BCUT2D eigenvalue weighted by molar-refractivity contribution is -0.137. The van der Waals surface area contributed by atoms with E-state index in [9.17, 15) is 13.2 Å². The predicted octanol–water partition coefficient (Wildman–Crippen LogP) is 3.18. The Hall–Kier alpha value is -2.48. The fraction of sp³-hybridized carbons (Fsp3) is 0.353. The van der Waals surface area contributed by atoms with Crippen molar-refractivity contribution in [3.63, 3.8) is 0 Å². The van der Waals surface area contributed by atoms with Crippen molar-refractivity contribution in [2.45, 2.75) is 6.18 Å². The lowest BCUT2D eigenvalue weighted by Crippen LogP contribution is -2.44. The number of anilines is 4. The summed E-state index contributed by atoms with van der Waals surface area (Å²) < 4.78 is 38.4. The molecule has 1 aliphatic heterocycles. The van der Waals surface area contributed by atoms with Crippen LogP contribution in [0.25, 0.3) is 0 Å². The van der Waals surface area contributed by atoms with Gasteiger partial charge in [0, 0.05) is 43.8 Å². The van der Waals surface area contributed by atoms with Gasteiger partial charge < -0.3 is 20.9 Å². The number of hydrogen-bond acceptors (Lipinski definition) is 5. The molecule has 1 saturated heterocycles. The van der Waals surface area contributed by atoms with Crippen LogP contribution in [0.15, 0.2) is 36.5 Å². The van der Waals surface area contributed by atoms with Crippen molar-refractivity contribution < 1.29 is 13.2 Å². The van der Waals surface area contributed by atoms with Gasteiger partial charge in [-0.3, -0.25) is 0 Å². The third-order valence-electron chi connectivity index (χ3n) is 4.26. The zero-order chi connectivity index (χ0) is 18.0. The number of halogens is 3. The number of benzene rings is 1. The molecule has 134 valence electrons. The number of piperazine rings is 1. The topological polar surface area (TPSA) is 57.4 Å². The van der Waals surface area contributed by atoms with E-state index in [0.29, 0.717) is 5.69 Å². The summed E-state index contributed by atoms with van der Waals surface area (Å²) in [4.78, 5) is 8.18. The number of aromatic nitrogens is 1. The summed E-state index contributed by atoms with van der Waals surface area (Å²) >= 11 is 0. The number of likely N-dealkylation sites (N-methyl/N-ethyl adjacent to an activating group) is 1. The van der Waals surface area contributed by atoms with Gasteiger partial charge in [-0.05, 0) is 37.4 Å². The van der Waals surface area contributed by atoms with Crippen molar-refractivity contribution in [3.8, 4) is 0 Å². The summed E-state index contributed by atoms with van der Waals surface area (Å²) in [5.41, 5.74) is 6.74. The highest BCUT2D eigenvalue weighted by Gasteiger charge is 2.31. The molecule has 5 nitrogen and oxygen atoms in total. The molecule has 0 amide bonds. The molecule has 25 heavy (non-hydrogen) atoms. The molecule has 1 fully saturated rings. The third kappa shape index (κ3) is 4.14. The molecule has 1 aromatic carbocycles. The maximum atomic E-state index is 12.8. The van der Waals surface area contributed by atoms with Gasteiger partial charge in [0.15, 0.2) is 0 Å². The minimum Gasteiger partial charge on any atom is -0.382 e. The van der Waals surface area contributed by atoms with E-state index >= 15 is 0 Å². The van der Waals surface area contributed by atoms with E-state index < -0.39 is 11.7 Å². The molecule has 1 aromatic heterocycles. The largest absolute Gasteiger partial charge is 0.417 e. The fourth-order valence-corrected chi connectivity index (χ4v) is 2.71. The molecule has 0 atom stereocenters. The lowest BCUT2D eigenvalue weighted by atomic mass is 10.2. The second kappa shape index (κ2) is 6.79. The summed E-state index contributed by atoms with van der Waals surface area (Å²) in [6.45, 7) is 3.92. The minimum absolute atomic E-state index is 0.0242. The molecule has 2 heterocycles. The monoisotopic (exact) mass is 351 g/mol. The van der Waals surface area contributed by atoms with Crippen molar-refractivity contribution in [1.82, 2.24) is 9.88 Å². The van der Waals surface area contributed by atoms with Crippen LogP contribution in [0.2, 0.25) is 0 Å².